The van der Waals surface area contributed by atoms with Crippen LogP contribution in [0, 0.1) is 12.7 Å². The van der Waals surface area contributed by atoms with Crippen LogP contribution in [0.25, 0.3) is 0 Å². The fourth-order valence-electron chi connectivity index (χ4n) is 1.44. The standard InChI is InChI=1S/C13H10BrFN2O/c1-8-3-2-4-12(16-8)17-13(18)9-5-6-10(14)11(15)7-9/h2-7H,1H3,(H,16,17,18). The topological polar surface area (TPSA) is 42.0 Å². The molecule has 1 aromatic carbocycles. The number of pyridine rings is 1. The Balaban J connectivity index is 2.19. The Morgan fingerprint density at radius 1 is 1.33 bits per heavy atom. The summed E-state index contributed by atoms with van der Waals surface area (Å²) in [4.78, 5) is 16.0. The molecule has 0 saturated carbocycles. The Morgan fingerprint density at radius 2 is 2.11 bits per heavy atom. The number of carbonyl (C=O) groups excluding carboxylic acids is 1. The van der Waals surface area contributed by atoms with E-state index >= 15 is 0 Å². The SMILES string of the molecule is Cc1cccc(NC(=O)c2ccc(Br)c(F)c2)n1. The molecule has 0 radical (unpaired) electrons. The summed E-state index contributed by atoms with van der Waals surface area (Å²) < 4.78 is 13.6. The summed E-state index contributed by atoms with van der Waals surface area (Å²) in [6, 6.07) is 9.51. The quantitative estimate of drug-likeness (QED) is 0.922. The highest BCUT2D eigenvalue weighted by atomic mass is 79.9. The molecule has 0 atom stereocenters. The second-order valence-electron chi connectivity index (χ2n) is 3.75. The third-order valence-electron chi connectivity index (χ3n) is 2.31. The first-order valence-electron chi connectivity index (χ1n) is 5.26. The van der Waals surface area contributed by atoms with Crippen LogP contribution >= 0.6 is 15.9 Å². The van der Waals surface area contributed by atoms with Crippen molar-refractivity contribution >= 4 is 27.7 Å². The molecule has 0 bridgehead atoms. The molecule has 0 aliphatic heterocycles. The average Bonchev–Trinajstić information content (AvgIpc) is 2.32. The van der Waals surface area contributed by atoms with Crippen molar-refractivity contribution in [2.24, 2.45) is 0 Å². The normalized spacial score (nSPS) is 10.2. The van der Waals surface area contributed by atoms with E-state index in [0.29, 0.717) is 10.3 Å². The Kier molecular flexibility index (Phi) is 3.72. The maximum Gasteiger partial charge on any atom is 0.256 e. The van der Waals surface area contributed by atoms with E-state index in [2.05, 4.69) is 26.2 Å². The minimum Gasteiger partial charge on any atom is -0.307 e. The molecule has 1 N–H and O–H groups in total. The Morgan fingerprint density at radius 3 is 2.78 bits per heavy atom. The number of aryl methyl sites for hydroxylation is 1. The molecule has 18 heavy (non-hydrogen) atoms. The van der Waals surface area contributed by atoms with E-state index in [0.717, 1.165) is 5.69 Å². The van der Waals surface area contributed by atoms with Crippen LogP contribution in [-0.2, 0) is 0 Å². The Labute approximate surface area is 112 Å². The number of hydrogen-bond acceptors (Lipinski definition) is 2. The summed E-state index contributed by atoms with van der Waals surface area (Å²) in [5.74, 6) is -0.414. The number of rotatable bonds is 2. The number of aromatic nitrogens is 1. The summed E-state index contributed by atoms with van der Waals surface area (Å²) in [6.07, 6.45) is 0. The molecular formula is C13H10BrFN2O. The molecule has 0 unspecified atom stereocenters. The van der Waals surface area contributed by atoms with Gasteiger partial charge in [0.2, 0.25) is 0 Å². The van der Waals surface area contributed by atoms with Crippen molar-refractivity contribution in [2.75, 3.05) is 5.32 Å². The predicted molar refractivity (Wildman–Crippen MR) is 71.0 cm³/mol. The maximum atomic E-state index is 13.3. The molecule has 0 aliphatic carbocycles. The lowest BCUT2D eigenvalue weighted by Crippen LogP contribution is -2.13. The first-order chi connectivity index (χ1) is 8.56. The number of amides is 1. The van der Waals surface area contributed by atoms with E-state index in [4.69, 9.17) is 0 Å². The van der Waals surface area contributed by atoms with Crippen LogP contribution in [0.2, 0.25) is 0 Å². The van der Waals surface area contributed by atoms with Gasteiger partial charge in [-0.3, -0.25) is 4.79 Å². The van der Waals surface area contributed by atoms with Crippen molar-refractivity contribution in [3.05, 3.63) is 57.9 Å². The van der Waals surface area contributed by atoms with Crippen LogP contribution in [0.5, 0.6) is 0 Å². The van der Waals surface area contributed by atoms with Crippen molar-refractivity contribution in [2.45, 2.75) is 6.92 Å². The van der Waals surface area contributed by atoms with Crippen LogP contribution in [0.1, 0.15) is 16.1 Å². The zero-order valence-corrected chi connectivity index (χ0v) is 11.2. The number of benzene rings is 1. The molecule has 0 fully saturated rings. The summed E-state index contributed by atoms with van der Waals surface area (Å²) in [6.45, 7) is 1.83. The lowest BCUT2D eigenvalue weighted by Gasteiger charge is -2.05. The Hall–Kier alpha value is -1.75. The second-order valence-corrected chi connectivity index (χ2v) is 4.60. The third kappa shape index (κ3) is 2.92. The van der Waals surface area contributed by atoms with Gasteiger partial charge >= 0.3 is 0 Å². The van der Waals surface area contributed by atoms with E-state index in [9.17, 15) is 9.18 Å². The van der Waals surface area contributed by atoms with Gasteiger partial charge in [-0.2, -0.15) is 0 Å². The van der Waals surface area contributed by atoms with E-state index in [1.54, 1.807) is 12.1 Å². The van der Waals surface area contributed by atoms with Gasteiger partial charge in [0.25, 0.3) is 5.91 Å². The highest BCUT2D eigenvalue weighted by Gasteiger charge is 2.09. The zero-order chi connectivity index (χ0) is 13.1. The van der Waals surface area contributed by atoms with Crippen LogP contribution in [0.3, 0.4) is 0 Å². The number of nitrogens with zero attached hydrogens (tertiary/aromatic N) is 1. The van der Waals surface area contributed by atoms with Gasteiger partial charge in [-0.05, 0) is 53.2 Å². The molecule has 0 spiro atoms. The Bertz CT molecular complexity index is 601. The molecule has 1 heterocycles. The van der Waals surface area contributed by atoms with Gasteiger partial charge in [0.1, 0.15) is 11.6 Å². The van der Waals surface area contributed by atoms with Gasteiger partial charge in [-0.15, -0.1) is 0 Å². The molecule has 0 saturated heterocycles. The van der Waals surface area contributed by atoms with E-state index in [1.807, 2.05) is 13.0 Å². The molecule has 3 nitrogen and oxygen atoms in total. The van der Waals surface area contributed by atoms with Crippen LogP contribution in [0.15, 0.2) is 40.9 Å². The molecular weight excluding hydrogens is 299 g/mol. The predicted octanol–water partition coefficient (Wildman–Crippen LogP) is 3.54. The third-order valence-corrected chi connectivity index (χ3v) is 2.95. The number of carbonyl (C=O) groups is 1. The number of anilines is 1. The van der Waals surface area contributed by atoms with Crippen molar-refractivity contribution in [3.8, 4) is 0 Å². The molecule has 2 aromatic rings. The molecule has 92 valence electrons. The molecule has 2 rings (SSSR count). The first-order valence-corrected chi connectivity index (χ1v) is 6.05. The van der Waals surface area contributed by atoms with Gasteiger partial charge in [0.05, 0.1) is 4.47 Å². The number of hydrogen-bond donors (Lipinski definition) is 1. The number of nitrogens with one attached hydrogen (secondary N) is 1. The minimum absolute atomic E-state index is 0.249. The first kappa shape index (κ1) is 12.7. The highest BCUT2D eigenvalue weighted by Crippen LogP contribution is 2.17. The van der Waals surface area contributed by atoms with E-state index in [-0.39, 0.29) is 11.5 Å². The largest absolute Gasteiger partial charge is 0.307 e. The van der Waals surface area contributed by atoms with Crippen LogP contribution in [-0.4, -0.2) is 10.9 Å². The van der Waals surface area contributed by atoms with Gasteiger partial charge < -0.3 is 5.32 Å². The molecule has 1 amide bonds. The van der Waals surface area contributed by atoms with Crippen molar-refractivity contribution in [3.63, 3.8) is 0 Å². The van der Waals surface area contributed by atoms with Gasteiger partial charge in [-0.1, -0.05) is 6.07 Å². The van der Waals surface area contributed by atoms with Crippen LogP contribution in [0.4, 0.5) is 10.2 Å². The van der Waals surface area contributed by atoms with Crippen LogP contribution < -0.4 is 5.32 Å². The smallest absolute Gasteiger partial charge is 0.256 e. The van der Waals surface area contributed by atoms with Gasteiger partial charge in [0.15, 0.2) is 0 Å². The van der Waals surface area contributed by atoms with E-state index < -0.39 is 5.82 Å². The highest BCUT2D eigenvalue weighted by molar-refractivity contribution is 9.10. The van der Waals surface area contributed by atoms with E-state index in [1.165, 1.54) is 18.2 Å². The van der Waals surface area contributed by atoms with Gasteiger partial charge in [0, 0.05) is 11.3 Å². The second kappa shape index (κ2) is 5.27. The van der Waals surface area contributed by atoms with Crippen molar-refractivity contribution in [1.29, 1.82) is 0 Å². The molecule has 1 aromatic heterocycles. The minimum atomic E-state index is -0.472. The summed E-state index contributed by atoms with van der Waals surface area (Å²) in [5.41, 5.74) is 1.05. The van der Waals surface area contributed by atoms with Crippen molar-refractivity contribution < 1.29 is 9.18 Å². The fourth-order valence-corrected chi connectivity index (χ4v) is 1.69. The summed E-state index contributed by atoms with van der Waals surface area (Å²) in [5, 5.41) is 2.61. The molecule has 0 aliphatic rings. The maximum absolute atomic E-state index is 13.3. The zero-order valence-electron chi connectivity index (χ0n) is 9.58. The lowest BCUT2D eigenvalue weighted by atomic mass is 10.2. The lowest BCUT2D eigenvalue weighted by molar-refractivity contribution is 0.102. The van der Waals surface area contributed by atoms with Gasteiger partial charge in [-0.25, -0.2) is 9.37 Å². The number of halogens is 2. The monoisotopic (exact) mass is 308 g/mol. The molecule has 5 heteroatoms. The summed E-state index contributed by atoms with van der Waals surface area (Å²) >= 11 is 3.04. The average molecular weight is 309 g/mol. The fraction of sp³-hybridized carbons (Fsp3) is 0.0769. The summed E-state index contributed by atoms with van der Waals surface area (Å²) in [7, 11) is 0. The van der Waals surface area contributed by atoms with Crippen molar-refractivity contribution in [1.82, 2.24) is 4.98 Å².